The summed E-state index contributed by atoms with van der Waals surface area (Å²) in [5.74, 6) is 0.520. The first kappa shape index (κ1) is 23.4. The number of benzene rings is 3. The first-order valence-electron chi connectivity index (χ1n) is 9.65. The van der Waals surface area contributed by atoms with Crippen LogP contribution in [0.15, 0.2) is 70.7 Å². The van der Waals surface area contributed by atoms with Crippen LogP contribution in [0.1, 0.15) is 16.7 Å². The molecular formula is C25H20BrClN2O3. The highest BCUT2D eigenvalue weighted by Crippen LogP contribution is 2.30. The summed E-state index contributed by atoms with van der Waals surface area (Å²) in [7, 11) is 1.53. The van der Waals surface area contributed by atoms with Crippen molar-refractivity contribution in [1.29, 1.82) is 5.26 Å². The number of nitrogens with one attached hydrogen (secondary N) is 1. The third-order valence-electron chi connectivity index (χ3n) is 4.63. The van der Waals surface area contributed by atoms with Gasteiger partial charge in [0, 0.05) is 20.7 Å². The van der Waals surface area contributed by atoms with Crippen molar-refractivity contribution in [3.8, 4) is 17.6 Å². The van der Waals surface area contributed by atoms with Crippen molar-refractivity contribution < 1.29 is 14.3 Å². The number of carbonyl (C=O) groups is 1. The second-order valence-electron chi connectivity index (χ2n) is 6.88. The molecule has 0 atom stereocenters. The maximum Gasteiger partial charge on any atom is 0.266 e. The largest absolute Gasteiger partial charge is 0.493 e. The lowest BCUT2D eigenvalue weighted by Crippen LogP contribution is -2.13. The van der Waals surface area contributed by atoms with Gasteiger partial charge in [0.25, 0.3) is 5.91 Å². The van der Waals surface area contributed by atoms with E-state index in [1.165, 1.54) is 13.2 Å². The van der Waals surface area contributed by atoms with Crippen molar-refractivity contribution >= 4 is 45.2 Å². The summed E-state index contributed by atoms with van der Waals surface area (Å²) in [5, 5.41) is 12.7. The van der Waals surface area contributed by atoms with Gasteiger partial charge < -0.3 is 14.8 Å². The highest BCUT2D eigenvalue weighted by Gasteiger charge is 2.12. The first-order chi connectivity index (χ1) is 15.4. The molecule has 1 amide bonds. The van der Waals surface area contributed by atoms with E-state index < -0.39 is 5.91 Å². The van der Waals surface area contributed by atoms with Crippen LogP contribution in [0.5, 0.6) is 11.5 Å². The van der Waals surface area contributed by atoms with Crippen molar-refractivity contribution in [1.82, 2.24) is 0 Å². The van der Waals surface area contributed by atoms with Gasteiger partial charge in [0.05, 0.1) is 7.11 Å². The van der Waals surface area contributed by atoms with E-state index >= 15 is 0 Å². The number of rotatable bonds is 7. The van der Waals surface area contributed by atoms with E-state index in [4.69, 9.17) is 21.1 Å². The van der Waals surface area contributed by atoms with E-state index in [1.54, 1.807) is 36.4 Å². The fourth-order valence-electron chi connectivity index (χ4n) is 2.85. The predicted molar refractivity (Wildman–Crippen MR) is 130 cm³/mol. The molecule has 5 nitrogen and oxygen atoms in total. The van der Waals surface area contributed by atoms with Gasteiger partial charge in [0.15, 0.2) is 11.5 Å². The van der Waals surface area contributed by atoms with Gasteiger partial charge in [0.1, 0.15) is 18.2 Å². The Bertz CT molecular complexity index is 1220. The number of anilines is 1. The van der Waals surface area contributed by atoms with Crippen molar-refractivity contribution in [2.24, 2.45) is 0 Å². The molecule has 0 unspecified atom stereocenters. The molecule has 3 aromatic carbocycles. The minimum absolute atomic E-state index is 0.0503. The molecule has 0 saturated carbocycles. The molecule has 0 spiro atoms. The first-order valence-corrected chi connectivity index (χ1v) is 10.8. The Morgan fingerprint density at radius 3 is 2.62 bits per heavy atom. The zero-order valence-electron chi connectivity index (χ0n) is 17.5. The average molecular weight is 512 g/mol. The number of aryl methyl sites for hydroxylation is 1. The molecule has 7 heteroatoms. The van der Waals surface area contributed by atoms with E-state index in [0.717, 1.165) is 15.6 Å². The van der Waals surface area contributed by atoms with Crippen LogP contribution in [0.2, 0.25) is 5.02 Å². The number of nitrogens with zero attached hydrogens (tertiary/aromatic N) is 1. The monoisotopic (exact) mass is 510 g/mol. The summed E-state index contributed by atoms with van der Waals surface area (Å²) in [6.45, 7) is 2.23. The molecule has 0 aromatic heterocycles. The normalized spacial score (nSPS) is 10.9. The summed E-state index contributed by atoms with van der Waals surface area (Å²) < 4.78 is 12.3. The van der Waals surface area contributed by atoms with E-state index in [2.05, 4.69) is 21.2 Å². The van der Waals surface area contributed by atoms with Crippen LogP contribution in [0.4, 0.5) is 5.69 Å². The predicted octanol–water partition coefficient (Wildman–Crippen LogP) is 6.54. The Labute approximate surface area is 200 Å². The maximum absolute atomic E-state index is 12.6. The number of ether oxygens (including phenoxy) is 2. The number of carbonyl (C=O) groups excluding carboxylic acids is 1. The summed E-state index contributed by atoms with van der Waals surface area (Å²) >= 11 is 9.60. The molecule has 1 N–H and O–H groups in total. The molecular weight excluding hydrogens is 492 g/mol. The number of nitriles is 1. The molecule has 3 aromatic rings. The van der Waals surface area contributed by atoms with Crippen LogP contribution in [-0.4, -0.2) is 13.0 Å². The summed E-state index contributed by atoms with van der Waals surface area (Å²) in [6, 6.07) is 20.1. The fourth-order valence-corrected chi connectivity index (χ4v) is 3.43. The van der Waals surface area contributed by atoms with Gasteiger partial charge in [-0.3, -0.25) is 4.79 Å². The molecule has 0 aliphatic rings. The van der Waals surface area contributed by atoms with Gasteiger partial charge in [-0.25, -0.2) is 0 Å². The Hall–Kier alpha value is -3.27. The van der Waals surface area contributed by atoms with Gasteiger partial charge in [-0.05, 0) is 54.5 Å². The van der Waals surface area contributed by atoms with Crippen LogP contribution in [-0.2, 0) is 11.4 Å². The van der Waals surface area contributed by atoms with Crippen molar-refractivity contribution in [3.63, 3.8) is 0 Å². The zero-order valence-corrected chi connectivity index (χ0v) is 19.8. The van der Waals surface area contributed by atoms with Crippen molar-refractivity contribution in [2.75, 3.05) is 12.4 Å². The summed E-state index contributed by atoms with van der Waals surface area (Å²) in [4.78, 5) is 12.6. The van der Waals surface area contributed by atoms with Gasteiger partial charge in [-0.1, -0.05) is 57.9 Å². The van der Waals surface area contributed by atoms with Crippen LogP contribution in [0.3, 0.4) is 0 Å². The molecule has 0 radical (unpaired) electrons. The lowest BCUT2D eigenvalue weighted by atomic mass is 10.1. The van der Waals surface area contributed by atoms with Crippen molar-refractivity contribution in [2.45, 2.75) is 13.5 Å². The Balaban J connectivity index is 1.76. The third kappa shape index (κ3) is 5.91. The van der Waals surface area contributed by atoms with Gasteiger partial charge >= 0.3 is 0 Å². The fraction of sp³-hybridized carbons (Fsp3) is 0.120. The van der Waals surface area contributed by atoms with E-state index in [9.17, 15) is 10.1 Å². The Kier molecular flexibility index (Phi) is 7.93. The molecule has 0 aliphatic heterocycles. The van der Waals surface area contributed by atoms with Crippen LogP contribution >= 0.6 is 27.5 Å². The molecule has 32 heavy (non-hydrogen) atoms. The number of hydrogen-bond acceptors (Lipinski definition) is 4. The number of hydrogen-bond donors (Lipinski definition) is 1. The topological polar surface area (TPSA) is 71.3 Å². The molecule has 3 rings (SSSR count). The van der Waals surface area contributed by atoms with Crippen LogP contribution in [0, 0.1) is 18.3 Å². The number of methoxy groups -OCH3 is 1. The quantitative estimate of drug-likeness (QED) is 0.289. The van der Waals surface area contributed by atoms with Crippen LogP contribution in [0.25, 0.3) is 6.08 Å². The Morgan fingerprint density at radius 1 is 1.16 bits per heavy atom. The molecule has 0 bridgehead atoms. The molecule has 0 saturated heterocycles. The zero-order chi connectivity index (χ0) is 23.1. The van der Waals surface area contributed by atoms with E-state index in [0.29, 0.717) is 34.4 Å². The molecule has 162 valence electrons. The second kappa shape index (κ2) is 10.9. The number of halogens is 2. The average Bonchev–Trinajstić information content (AvgIpc) is 2.79. The number of amides is 1. The lowest BCUT2D eigenvalue weighted by molar-refractivity contribution is -0.112. The lowest BCUT2D eigenvalue weighted by Gasteiger charge is -2.12. The van der Waals surface area contributed by atoms with E-state index in [-0.39, 0.29) is 5.57 Å². The minimum Gasteiger partial charge on any atom is -0.493 e. The molecule has 0 aliphatic carbocycles. The third-order valence-corrected chi connectivity index (χ3v) is 5.82. The van der Waals surface area contributed by atoms with E-state index in [1.807, 2.05) is 37.3 Å². The standard InChI is InChI=1S/C25H20BrClN2O3/c1-16-7-9-20(13-22(16)27)29-25(30)19(14-28)11-17-8-10-23(24(12-17)31-2)32-15-18-5-3-4-6-21(18)26/h3-13H,15H2,1-2H3,(H,29,30)/b19-11+. The Morgan fingerprint density at radius 2 is 1.94 bits per heavy atom. The van der Waals surface area contributed by atoms with Crippen molar-refractivity contribution in [3.05, 3.63) is 92.4 Å². The SMILES string of the molecule is COc1cc(/C=C(\C#N)C(=O)Nc2ccc(C)c(Cl)c2)ccc1OCc1ccccc1Br. The highest BCUT2D eigenvalue weighted by molar-refractivity contribution is 9.10. The molecule has 0 heterocycles. The van der Waals surface area contributed by atoms with Gasteiger partial charge in [0.2, 0.25) is 0 Å². The van der Waals surface area contributed by atoms with Gasteiger partial charge in [-0.2, -0.15) is 5.26 Å². The minimum atomic E-state index is -0.527. The maximum atomic E-state index is 12.6. The highest BCUT2D eigenvalue weighted by atomic mass is 79.9. The van der Waals surface area contributed by atoms with Crippen LogP contribution < -0.4 is 14.8 Å². The van der Waals surface area contributed by atoms with Gasteiger partial charge in [-0.15, -0.1) is 0 Å². The smallest absolute Gasteiger partial charge is 0.266 e. The summed E-state index contributed by atoms with van der Waals surface area (Å²) in [6.07, 6.45) is 1.49. The molecule has 0 fully saturated rings. The second-order valence-corrected chi connectivity index (χ2v) is 8.14. The summed E-state index contributed by atoms with van der Waals surface area (Å²) in [5.41, 5.74) is 2.99.